The van der Waals surface area contributed by atoms with Crippen molar-refractivity contribution in [3.8, 4) is 0 Å². The van der Waals surface area contributed by atoms with Crippen molar-refractivity contribution in [1.82, 2.24) is 5.32 Å². The summed E-state index contributed by atoms with van der Waals surface area (Å²) < 4.78 is 6.12. The van der Waals surface area contributed by atoms with E-state index in [4.69, 9.17) is 4.42 Å². The van der Waals surface area contributed by atoms with Crippen LogP contribution in [-0.4, -0.2) is 5.91 Å². The Labute approximate surface area is 141 Å². The zero-order valence-corrected chi connectivity index (χ0v) is 14.0. The quantitative estimate of drug-likeness (QED) is 0.761. The second-order valence-electron chi connectivity index (χ2n) is 5.30. The van der Waals surface area contributed by atoms with Gasteiger partial charge in [0.25, 0.3) is 5.91 Å². The first-order valence-electron chi connectivity index (χ1n) is 7.10. The molecule has 2 aromatic carbocycles. The smallest absolute Gasteiger partial charge is 0.344 e. The molecular weight excluding hydrogens is 358 g/mol. The number of hydrogen-bond acceptors (Lipinski definition) is 3. The molecule has 0 aliphatic carbocycles. The number of nitrogens with one attached hydrogen (secondary N) is 1. The summed E-state index contributed by atoms with van der Waals surface area (Å²) in [4.78, 5) is 24.2. The third-order valence-electron chi connectivity index (χ3n) is 3.51. The maximum absolute atomic E-state index is 12.2. The minimum atomic E-state index is -0.500. The van der Waals surface area contributed by atoms with Crippen LogP contribution in [0.3, 0.4) is 0 Å². The van der Waals surface area contributed by atoms with E-state index in [1.54, 1.807) is 12.1 Å². The maximum Gasteiger partial charge on any atom is 0.344 e. The van der Waals surface area contributed by atoms with Crippen LogP contribution >= 0.6 is 15.9 Å². The fourth-order valence-electron chi connectivity index (χ4n) is 2.28. The number of fused-ring (bicyclic) bond motifs is 1. The molecule has 5 heteroatoms. The highest BCUT2D eigenvalue weighted by atomic mass is 79.9. The largest absolute Gasteiger partial charge is 0.417 e. The van der Waals surface area contributed by atoms with Gasteiger partial charge >= 0.3 is 5.63 Å². The Morgan fingerprint density at radius 2 is 1.87 bits per heavy atom. The number of amides is 1. The number of carbonyl (C=O) groups is 1. The molecule has 1 amide bonds. The third-order valence-corrected chi connectivity index (χ3v) is 4.04. The number of carbonyl (C=O) groups excluding carboxylic acids is 1. The number of aryl methyl sites for hydroxylation is 1. The minimum absolute atomic E-state index is 0.0171. The lowest BCUT2D eigenvalue weighted by molar-refractivity contribution is 0.0919. The molecule has 4 nitrogen and oxygen atoms in total. The van der Waals surface area contributed by atoms with Crippen molar-refractivity contribution in [2.45, 2.75) is 13.5 Å². The van der Waals surface area contributed by atoms with Gasteiger partial charge in [-0.2, -0.15) is 0 Å². The van der Waals surface area contributed by atoms with Gasteiger partial charge in [0.15, 0.2) is 5.76 Å². The molecule has 0 unspecified atom stereocenters. The summed E-state index contributed by atoms with van der Waals surface area (Å²) in [5, 5.41) is 3.93. The molecule has 0 aliphatic rings. The van der Waals surface area contributed by atoms with Crippen LogP contribution in [0.25, 0.3) is 10.8 Å². The molecule has 0 bridgehead atoms. The molecule has 3 aromatic rings. The molecule has 0 atom stereocenters. The normalized spacial score (nSPS) is 10.7. The summed E-state index contributed by atoms with van der Waals surface area (Å²) in [5.74, 6) is -0.393. The zero-order valence-electron chi connectivity index (χ0n) is 12.4. The van der Waals surface area contributed by atoms with E-state index in [2.05, 4.69) is 21.2 Å². The summed E-state index contributed by atoms with van der Waals surface area (Å²) in [6.45, 7) is 2.26. The standard InChI is InChI=1S/C18H14BrNO3/c1-11-2-5-13-9-16(23-18(22)15(13)8-11)17(21)20-10-12-3-6-14(19)7-4-12/h2-9H,10H2,1H3,(H,20,21). The van der Waals surface area contributed by atoms with E-state index in [0.717, 1.165) is 15.6 Å². The molecule has 23 heavy (non-hydrogen) atoms. The molecule has 116 valence electrons. The van der Waals surface area contributed by atoms with Crippen molar-refractivity contribution in [2.75, 3.05) is 0 Å². The molecule has 0 radical (unpaired) electrons. The van der Waals surface area contributed by atoms with Crippen LogP contribution in [0.4, 0.5) is 0 Å². The van der Waals surface area contributed by atoms with E-state index < -0.39 is 11.5 Å². The highest BCUT2D eigenvalue weighted by molar-refractivity contribution is 9.10. The van der Waals surface area contributed by atoms with E-state index in [0.29, 0.717) is 17.3 Å². The summed E-state index contributed by atoms with van der Waals surface area (Å²) in [5.41, 5.74) is 1.43. The van der Waals surface area contributed by atoms with Crippen LogP contribution in [0, 0.1) is 6.92 Å². The SMILES string of the molecule is Cc1ccc2cc(C(=O)NCc3ccc(Br)cc3)oc(=O)c2c1. The van der Waals surface area contributed by atoms with Crippen LogP contribution in [0.5, 0.6) is 0 Å². The highest BCUT2D eigenvalue weighted by Gasteiger charge is 2.12. The summed E-state index contributed by atoms with van der Waals surface area (Å²) >= 11 is 3.36. The maximum atomic E-state index is 12.2. The zero-order chi connectivity index (χ0) is 16.4. The van der Waals surface area contributed by atoms with Crippen LogP contribution in [0.15, 0.2) is 62.2 Å². The molecule has 1 heterocycles. The summed E-state index contributed by atoms with van der Waals surface area (Å²) in [6, 6.07) is 14.7. The topological polar surface area (TPSA) is 59.3 Å². The fourth-order valence-corrected chi connectivity index (χ4v) is 2.55. The van der Waals surface area contributed by atoms with Crippen LogP contribution in [0.1, 0.15) is 21.7 Å². The summed E-state index contributed by atoms with van der Waals surface area (Å²) in [6.07, 6.45) is 0. The first kappa shape index (κ1) is 15.5. The highest BCUT2D eigenvalue weighted by Crippen LogP contribution is 2.14. The summed E-state index contributed by atoms with van der Waals surface area (Å²) in [7, 11) is 0. The van der Waals surface area contributed by atoms with Gasteiger partial charge in [0.1, 0.15) is 0 Å². The predicted molar refractivity (Wildman–Crippen MR) is 92.5 cm³/mol. The van der Waals surface area contributed by atoms with Crippen molar-refractivity contribution in [3.05, 3.63) is 80.3 Å². The Morgan fingerprint density at radius 1 is 1.13 bits per heavy atom. The van der Waals surface area contributed by atoms with Crippen molar-refractivity contribution in [1.29, 1.82) is 0 Å². The van der Waals surface area contributed by atoms with Crippen molar-refractivity contribution >= 4 is 32.6 Å². The van der Waals surface area contributed by atoms with E-state index in [1.807, 2.05) is 43.3 Å². The minimum Gasteiger partial charge on any atom is -0.417 e. The lowest BCUT2D eigenvalue weighted by Crippen LogP contribution is -2.24. The second-order valence-corrected chi connectivity index (χ2v) is 6.21. The van der Waals surface area contributed by atoms with Gasteiger partial charge in [-0.15, -0.1) is 0 Å². The molecule has 0 aliphatic heterocycles. The molecule has 0 spiro atoms. The molecule has 0 saturated carbocycles. The monoisotopic (exact) mass is 371 g/mol. The third kappa shape index (κ3) is 3.51. The van der Waals surface area contributed by atoms with Gasteiger partial charge in [-0.1, -0.05) is 45.8 Å². The average Bonchev–Trinajstić information content (AvgIpc) is 2.54. The van der Waals surface area contributed by atoms with Crippen molar-refractivity contribution in [2.24, 2.45) is 0 Å². The molecular formula is C18H14BrNO3. The number of benzene rings is 2. The first-order chi connectivity index (χ1) is 11.0. The van der Waals surface area contributed by atoms with Crippen LogP contribution in [0.2, 0.25) is 0 Å². The van der Waals surface area contributed by atoms with Gasteiger partial charge in [-0.3, -0.25) is 4.79 Å². The fraction of sp³-hybridized carbons (Fsp3) is 0.111. The van der Waals surface area contributed by atoms with Gasteiger partial charge in [0.2, 0.25) is 0 Å². The van der Waals surface area contributed by atoms with Gasteiger partial charge in [-0.25, -0.2) is 4.79 Å². The Bertz CT molecular complexity index is 929. The van der Waals surface area contributed by atoms with Crippen molar-refractivity contribution < 1.29 is 9.21 Å². The van der Waals surface area contributed by atoms with Crippen LogP contribution in [-0.2, 0) is 6.54 Å². The van der Waals surface area contributed by atoms with Gasteiger partial charge < -0.3 is 9.73 Å². The Balaban J connectivity index is 1.82. The van der Waals surface area contributed by atoms with Gasteiger partial charge in [0, 0.05) is 11.0 Å². The van der Waals surface area contributed by atoms with E-state index >= 15 is 0 Å². The Hall–Kier alpha value is -2.40. The van der Waals surface area contributed by atoms with Gasteiger partial charge in [-0.05, 0) is 42.1 Å². The molecule has 1 aromatic heterocycles. The lowest BCUT2D eigenvalue weighted by Gasteiger charge is -2.06. The van der Waals surface area contributed by atoms with E-state index in [1.165, 1.54) is 0 Å². The molecule has 3 rings (SSSR count). The lowest BCUT2D eigenvalue weighted by atomic mass is 10.1. The number of rotatable bonds is 3. The van der Waals surface area contributed by atoms with E-state index in [-0.39, 0.29) is 5.76 Å². The molecule has 1 N–H and O–H groups in total. The average molecular weight is 372 g/mol. The Kier molecular flexibility index (Phi) is 4.30. The molecule has 0 saturated heterocycles. The first-order valence-corrected chi connectivity index (χ1v) is 7.89. The van der Waals surface area contributed by atoms with E-state index in [9.17, 15) is 9.59 Å². The second kappa shape index (κ2) is 6.38. The van der Waals surface area contributed by atoms with Gasteiger partial charge in [0.05, 0.1) is 5.39 Å². The number of halogens is 1. The Morgan fingerprint density at radius 3 is 2.61 bits per heavy atom. The van der Waals surface area contributed by atoms with Crippen molar-refractivity contribution in [3.63, 3.8) is 0 Å². The molecule has 0 fully saturated rings. The van der Waals surface area contributed by atoms with Crippen LogP contribution < -0.4 is 10.9 Å². The predicted octanol–water partition coefficient (Wildman–Crippen LogP) is 3.79. The number of hydrogen-bond donors (Lipinski definition) is 1.